The fourth-order valence-corrected chi connectivity index (χ4v) is 0.916. The second-order valence-electron chi connectivity index (χ2n) is 1.86. The molecule has 0 fully saturated rings. The van der Waals surface area contributed by atoms with Crippen molar-refractivity contribution in [1.29, 1.82) is 0 Å². The lowest BCUT2D eigenvalue weighted by molar-refractivity contribution is 0.466. The van der Waals surface area contributed by atoms with E-state index < -0.39 is 0 Å². The molecular formula is C5H6BrF. The number of hydrogen-bond donors (Lipinski definition) is 0. The maximum atomic E-state index is 12.0. The van der Waals surface area contributed by atoms with Crippen LogP contribution in [0.15, 0.2) is 10.3 Å². The van der Waals surface area contributed by atoms with E-state index in [2.05, 4.69) is 15.9 Å². The van der Waals surface area contributed by atoms with Crippen molar-refractivity contribution in [3.8, 4) is 0 Å². The summed E-state index contributed by atoms with van der Waals surface area (Å²) in [5.74, 6) is 0.451. The summed E-state index contributed by atoms with van der Waals surface area (Å²) in [6, 6.07) is 0. The Morgan fingerprint density at radius 1 is 1.86 bits per heavy atom. The second kappa shape index (κ2) is 1.58. The molecule has 0 radical (unpaired) electrons. The normalized spacial score (nSPS) is 30.4. The number of hydrogen-bond acceptors (Lipinski definition) is 0. The zero-order valence-electron chi connectivity index (χ0n) is 4.04. The van der Waals surface area contributed by atoms with Crippen LogP contribution >= 0.6 is 15.9 Å². The molecule has 0 saturated heterocycles. The Kier molecular flexibility index (Phi) is 1.20. The smallest absolute Gasteiger partial charge is 0.111 e. The Morgan fingerprint density at radius 3 is 2.43 bits per heavy atom. The molecule has 1 aliphatic carbocycles. The van der Waals surface area contributed by atoms with E-state index in [0.29, 0.717) is 12.3 Å². The first-order valence-corrected chi connectivity index (χ1v) is 3.05. The van der Waals surface area contributed by atoms with Gasteiger partial charge in [0.15, 0.2) is 0 Å². The molecule has 0 aromatic carbocycles. The van der Waals surface area contributed by atoms with Crippen LogP contribution in [0.1, 0.15) is 13.3 Å². The Bertz CT molecular complexity index is 117. The van der Waals surface area contributed by atoms with E-state index in [0.717, 1.165) is 4.48 Å². The molecule has 0 spiro atoms. The third-order valence-corrected chi connectivity index (χ3v) is 2.39. The van der Waals surface area contributed by atoms with Gasteiger partial charge in [0.2, 0.25) is 0 Å². The van der Waals surface area contributed by atoms with E-state index in [4.69, 9.17) is 0 Å². The second-order valence-corrected chi connectivity index (χ2v) is 2.71. The molecule has 7 heavy (non-hydrogen) atoms. The van der Waals surface area contributed by atoms with Gasteiger partial charge in [-0.15, -0.1) is 0 Å². The summed E-state index contributed by atoms with van der Waals surface area (Å²) < 4.78 is 12.8. The van der Waals surface area contributed by atoms with Gasteiger partial charge in [0.25, 0.3) is 0 Å². The maximum Gasteiger partial charge on any atom is 0.111 e. The summed E-state index contributed by atoms with van der Waals surface area (Å²) >= 11 is 3.10. The summed E-state index contributed by atoms with van der Waals surface area (Å²) in [6.45, 7) is 1.99. The van der Waals surface area contributed by atoms with Crippen molar-refractivity contribution in [2.45, 2.75) is 13.3 Å². The van der Waals surface area contributed by atoms with Crippen LogP contribution in [0.3, 0.4) is 0 Å². The highest BCUT2D eigenvalue weighted by Gasteiger charge is 2.22. The average molecular weight is 165 g/mol. The lowest BCUT2D eigenvalue weighted by atomic mass is 9.96. The van der Waals surface area contributed by atoms with E-state index in [1.165, 1.54) is 0 Å². The zero-order chi connectivity index (χ0) is 5.44. The minimum absolute atomic E-state index is 0.0208. The highest BCUT2D eigenvalue weighted by atomic mass is 79.9. The van der Waals surface area contributed by atoms with Crippen molar-refractivity contribution in [3.63, 3.8) is 0 Å². The zero-order valence-corrected chi connectivity index (χ0v) is 5.63. The van der Waals surface area contributed by atoms with E-state index in [1.807, 2.05) is 6.92 Å². The van der Waals surface area contributed by atoms with Gasteiger partial charge >= 0.3 is 0 Å². The van der Waals surface area contributed by atoms with Crippen LogP contribution in [0.25, 0.3) is 0 Å². The predicted octanol–water partition coefficient (Wildman–Crippen LogP) is 2.60. The van der Waals surface area contributed by atoms with Crippen molar-refractivity contribution in [2.24, 2.45) is 5.92 Å². The van der Waals surface area contributed by atoms with Crippen molar-refractivity contribution in [3.05, 3.63) is 10.3 Å². The largest absolute Gasteiger partial charge is 0.211 e. The summed E-state index contributed by atoms with van der Waals surface area (Å²) in [7, 11) is 0. The van der Waals surface area contributed by atoms with Crippen LogP contribution in [0.4, 0.5) is 4.39 Å². The molecule has 0 bridgehead atoms. The maximum absolute atomic E-state index is 12.0. The Labute approximate surface area is 50.5 Å². The number of rotatable bonds is 0. The Morgan fingerprint density at radius 2 is 2.43 bits per heavy atom. The van der Waals surface area contributed by atoms with Gasteiger partial charge in [-0.3, -0.25) is 0 Å². The van der Waals surface area contributed by atoms with E-state index in [-0.39, 0.29) is 5.83 Å². The lowest BCUT2D eigenvalue weighted by Crippen LogP contribution is -2.06. The molecule has 0 saturated carbocycles. The third kappa shape index (κ3) is 0.717. The van der Waals surface area contributed by atoms with Crippen LogP contribution in [0, 0.1) is 5.92 Å². The van der Waals surface area contributed by atoms with E-state index >= 15 is 0 Å². The summed E-state index contributed by atoms with van der Waals surface area (Å²) in [5, 5.41) is 0. The van der Waals surface area contributed by atoms with Gasteiger partial charge in [0.05, 0.1) is 0 Å². The Balaban J connectivity index is 2.65. The number of allylic oxidation sites excluding steroid dienone is 2. The molecule has 1 unspecified atom stereocenters. The first-order valence-electron chi connectivity index (χ1n) is 2.26. The van der Waals surface area contributed by atoms with E-state index in [9.17, 15) is 4.39 Å². The minimum Gasteiger partial charge on any atom is -0.211 e. The molecule has 0 amide bonds. The summed E-state index contributed by atoms with van der Waals surface area (Å²) in [6.07, 6.45) is 0.626. The highest BCUT2D eigenvalue weighted by Crippen LogP contribution is 2.38. The standard InChI is InChI=1S/C5H6BrF/c1-3-2-4(7)5(3)6/h3H,2H2,1H3. The van der Waals surface area contributed by atoms with Gasteiger partial charge in [-0.1, -0.05) is 22.9 Å². The highest BCUT2D eigenvalue weighted by molar-refractivity contribution is 9.11. The first-order chi connectivity index (χ1) is 3.22. The van der Waals surface area contributed by atoms with Crippen LogP contribution in [0.5, 0.6) is 0 Å². The summed E-state index contributed by atoms with van der Waals surface area (Å²) in [4.78, 5) is 0. The quantitative estimate of drug-likeness (QED) is 0.517. The lowest BCUT2D eigenvalue weighted by Gasteiger charge is -2.19. The molecule has 40 valence electrons. The third-order valence-electron chi connectivity index (χ3n) is 1.18. The molecule has 0 N–H and O–H groups in total. The average Bonchev–Trinajstić information content (AvgIpc) is 1.68. The molecule has 0 nitrogen and oxygen atoms in total. The Hall–Kier alpha value is 0.150. The molecule has 1 atom stereocenters. The van der Waals surface area contributed by atoms with Crippen LogP contribution in [-0.2, 0) is 0 Å². The van der Waals surface area contributed by atoms with Gasteiger partial charge in [-0.2, -0.15) is 0 Å². The SMILES string of the molecule is CC1CC(F)=C1Br. The molecule has 0 aromatic rings. The predicted molar refractivity (Wildman–Crippen MR) is 30.8 cm³/mol. The topological polar surface area (TPSA) is 0 Å². The van der Waals surface area contributed by atoms with Gasteiger partial charge < -0.3 is 0 Å². The van der Waals surface area contributed by atoms with Gasteiger partial charge in [0, 0.05) is 10.9 Å². The van der Waals surface area contributed by atoms with Gasteiger partial charge in [-0.25, -0.2) is 4.39 Å². The fraction of sp³-hybridized carbons (Fsp3) is 0.600. The summed E-state index contributed by atoms with van der Waals surface area (Å²) in [5.41, 5.74) is 0. The first kappa shape index (κ1) is 5.29. The van der Waals surface area contributed by atoms with Crippen molar-refractivity contribution < 1.29 is 4.39 Å². The van der Waals surface area contributed by atoms with Crippen molar-refractivity contribution >= 4 is 15.9 Å². The van der Waals surface area contributed by atoms with Crippen LogP contribution < -0.4 is 0 Å². The molecule has 0 heterocycles. The van der Waals surface area contributed by atoms with Gasteiger partial charge in [0.1, 0.15) is 5.83 Å². The molecule has 0 aromatic heterocycles. The van der Waals surface area contributed by atoms with Crippen molar-refractivity contribution in [2.75, 3.05) is 0 Å². The monoisotopic (exact) mass is 164 g/mol. The minimum atomic E-state index is 0.0208. The van der Waals surface area contributed by atoms with Crippen molar-refractivity contribution in [1.82, 2.24) is 0 Å². The van der Waals surface area contributed by atoms with E-state index in [1.54, 1.807) is 0 Å². The molecular weight excluding hydrogens is 159 g/mol. The molecule has 2 heteroatoms. The van der Waals surface area contributed by atoms with Crippen LogP contribution in [-0.4, -0.2) is 0 Å². The van der Waals surface area contributed by atoms with Crippen LogP contribution in [0.2, 0.25) is 0 Å². The number of halogens is 2. The van der Waals surface area contributed by atoms with Gasteiger partial charge in [-0.05, 0) is 5.92 Å². The molecule has 0 aliphatic heterocycles. The molecule has 1 rings (SSSR count). The fourth-order valence-electron chi connectivity index (χ4n) is 0.592. The molecule has 1 aliphatic rings.